The van der Waals surface area contributed by atoms with Crippen molar-refractivity contribution in [1.82, 2.24) is 5.32 Å². The lowest BCUT2D eigenvalue weighted by molar-refractivity contribution is -0.385. The van der Waals surface area contributed by atoms with Crippen LogP contribution in [0.2, 0.25) is 0 Å². The molecule has 1 rings (SSSR count). The molecule has 0 aliphatic heterocycles. The number of carbonyl (C=O) groups is 1. The molecule has 0 saturated carbocycles. The fraction of sp³-hybridized carbons (Fsp3) is 0. The van der Waals surface area contributed by atoms with Crippen LogP contribution in [0, 0.1) is 33.2 Å². The Labute approximate surface area is 87.2 Å². The molecule has 0 bridgehead atoms. The van der Waals surface area contributed by atoms with E-state index in [9.17, 15) is 23.7 Å². The van der Waals surface area contributed by atoms with Crippen LogP contribution < -0.4 is 5.32 Å². The van der Waals surface area contributed by atoms with Gasteiger partial charge in [0.1, 0.15) is 5.56 Å². The van der Waals surface area contributed by atoms with Gasteiger partial charge in [-0.2, -0.15) is 5.26 Å². The van der Waals surface area contributed by atoms with E-state index in [2.05, 4.69) is 0 Å². The predicted octanol–water partition coefficient (Wildman–Crippen LogP) is 1.08. The van der Waals surface area contributed by atoms with Crippen LogP contribution in [-0.4, -0.2) is 10.8 Å². The first kappa shape index (κ1) is 11.5. The zero-order valence-corrected chi connectivity index (χ0v) is 7.53. The Kier molecular flexibility index (Phi) is 3.10. The molecule has 0 radical (unpaired) electrons. The minimum absolute atomic E-state index is 0.279. The number of rotatable bonds is 2. The van der Waals surface area contributed by atoms with Crippen LogP contribution in [0.15, 0.2) is 12.1 Å². The van der Waals surface area contributed by atoms with Crippen LogP contribution in [0.3, 0.4) is 0 Å². The zero-order valence-electron chi connectivity index (χ0n) is 7.53. The maximum atomic E-state index is 12.8. The highest BCUT2D eigenvalue weighted by Gasteiger charge is 2.23. The van der Waals surface area contributed by atoms with Gasteiger partial charge >= 0.3 is 0 Å². The number of benzene rings is 1. The summed E-state index contributed by atoms with van der Waals surface area (Å²) in [7, 11) is 0. The number of amides is 1. The van der Waals surface area contributed by atoms with Crippen molar-refractivity contribution in [3.05, 3.63) is 39.4 Å². The number of nitriles is 1. The molecule has 0 saturated heterocycles. The highest BCUT2D eigenvalue weighted by molar-refractivity contribution is 5.98. The van der Waals surface area contributed by atoms with Gasteiger partial charge in [-0.1, -0.05) is 0 Å². The lowest BCUT2D eigenvalue weighted by atomic mass is 10.1. The summed E-state index contributed by atoms with van der Waals surface area (Å²) in [6, 6.07) is 0.641. The van der Waals surface area contributed by atoms with Gasteiger partial charge in [-0.3, -0.25) is 20.2 Å². The molecule has 8 heteroatoms. The van der Waals surface area contributed by atoms with Crippen LogP contribution in [-0.2, 0) is 0 Å². The number of nitro benzene ring substituents is 1. The number of nitrogens with one attached hydrogen (secondary N) is 1. The topological polar surface area (TPSA) is 96.0 Å². The number of nitrogens with zero attached hydrogens (tertiary/aromatic N) is 2. The quantitative estimate of drug-likeness (QED) is 0.354. The van der Waals surface area contributed by atoms with Crippen molar-refractivity contribution < 1.29 is 18.5 Å². The highest BCUT2D eigenvalue weighted by Crippen LogP contribution is 2.21. The molecule has 0 aliphatic carbocycles. The maximum absolute atomic E-state index is 12.8. The average molecular weight is 227 g/mol. The van der Waals surface area contributed by atoms with E-state index in [1.54, 1.807) is 5.32 Å². The number of halogens is 2. The monoisotopic (exact) mass is 227 g/mol. The standard InChI is InChI=1S/C8H3F2N3O3/c9-5-1-4(8(14)12-3-11)7(13(15)16)2-6(5)10/h1-2H,(H,12,14). The van der Waals surface area contributed by atoms with Gasteiger partial charge in [0, 0.05) is 0 Å². The molecule has 1 amide bonds. The number of hydrogen-bond donors (Lipinski definition) is 1. The van der Waals surface area contributed by atoms with Crippen LogP contribution in [0.5, 0.6) is 0 Å². The van der Waals surface area contributed by atoms with Crippen LogP contribution in [0.25, 0.3) is 0 Å². The molecule has 0 aliphatic rings. The normalized spacial score (nSPS) is 9.31. The first-order valence-corrected chi connectivity index (χ1v) is 3.80. The fourth-order valence-electron chi connectivity index (χ4n) is 0.987. The molecule has 0 spiro atoms. The van der Waals surface area contributed by atoms with E-state index in [1.165, 1.54) is 6.19 Å². The van der Waals surface area contributed by atoms with Gasteiger partial charge in [0.2, 0.25) is 0 Å². The van der Waals surface area contributed by atoms with E-state index in [4.69, 9.17) is 5.26 Å². The lowest BCUT2D eigenvalue weighted by Crippen LogP contribution is -2.19. The molecule has 6 nitrogen and oxygen atoms in total. The molecule has 0 aromatic heterocycles. The van der Waals surface area contributed by atoms with E-state index in [1.807, 2.05) is 0 Å². The van der Waals surface area contributed by atoms with Crippen molar-refractivity contribution >= 4 is 11.6 Å². The van der Waals surface area contributed by atoms with Crippen LogP contribution in [0.4, 0.5) is 14.5 Å². The van der Waals surface area contributed by atoms with E-state index >= 15 is 0 Å². The molecule has 0 heterocycles. The molecule has 1 aromatic rings. The van der Waals surface area contributed by atoms with E-state index in [-0.39, 0.29) is 6.07 Å². The second kappa shape index (κ2) is 4.31. The van der Waals surface area contributed by atoms with Gasteiger partial charge < -0.3 is 0 Å². The second-order valence-electron chi connectivity index (χ2n) is 2.61. The fourth-order valence-corrected chi connectivity index (χ4v) is 0.987. The Balaban J connectivity index is 3.37. The summed E-state index contributed by atoms with van der Waals surface area (Å²) in [6.07, 6.45) is 1.23. The van der Waals surface area contributed by atoms with Crippen LogP contribution >= 0.6 is 0 Å². The Morgan fingerprint density at radius 2 is 2.00 bits per heavy atom. The summed E-state index contributed by atoms with van der Waals surface area (Å²) in [5, 5.41) is 20.2. The van der Waals surface area contributed by atoms with Gasteiger partial charge in [0.25, 0.3) is 11.6 Å². The number of hydrogen-bond acceptors (Lipinski definition) is 4. The van der Waals surface area contributed by atoms with E-state index in [0.29, 0.717) is 6.07 Å². The van der Waals surface area contributed by atoms with Gasteiger partial charge in [-0.25, -0.2) is 8.78 Å². The minimum Gasteiger partial charge on any atom is -0.268 e. The molecule has 16 heavy (non-hydrogen) atoms. The smallest absolute Gasteiger partial charge is 0.268 e. The molecular formula is C8H3F2N3O3. The minimum atomic E-state index is -1.44. The number of nitro groups is 1. The Bertz CT molecular complexity index is 510. The SMILES string of the molecule is N#CNC(=O)c1cc(F)c(F)cc1[N+](=O)[O-]. The third-order valence-electron chi connectivity index (χ3n) is 1.65. The van der Waals surface area contributed by atoms with Gasteiger partial charge in [0.15, 0.2) is 17.8 Å². The molecule has 0 atom stereocenters. The van der Waals surface area contributed by atoms with Crippen LogP contribution in [0.1, 0.15) is 10.4 Å². The first-order chi connectivity index (χ1) is 7.47. The maximum Gasteiger partial charge on any atom is 0.285 e. The highest BCUT2D eigenvalue weighted by atomic mass is 19.2. The zero-order chi connectivity index (χ0) is 12.3. The van der Waals surface area contributed by atoms with Crippen molar-refractivity contribution in [2.75, 3.05) is 0 Å². The van der Waals surface area contributed by atoms with Gasteiger partial charge in [-0.15, -0.1) is 0 Å². The predicted molar refractivity (Wildman–Crippen MR) is 46.1 cm³/mol. The first-order valence-electron chi connectivity index (χ1n) is 3.80. The summed E-state index contributed by atoms with van der Waals surface area (Å²) in [4.78, 5) is 20.5. The second-order valence-corrected chi connectivity index (χ2v) is 2.61. The third-order valence-corrected chi connectivity index (χ3v) is 1.65. The van der Waals surface area contributed by atoms with Crippen molar-refractivity contribution in [2.45, 2.75) is 0 Å². The van der Waals surface area contributed by atoms with E-state index in [0.717, 1.165) is 0 Å². The molecule has 82 valence electrons. The Morgan fingerprint density at radius 3 is 2.50 bits per heavy atom. The van der Waals surface area contributed by atoms with Gasteiger partial charge in [-0.05, 0) is 6.07 Å². The molecule has 1 N–H and O–H groups in total. The third kappa shape index (κ3) is 2.09. The molecular weight excluding hydrogens is 224 g/mol. The summed E-state index contributed by atoms with van der Waals surface area (Å²) in [6.45, 7) is 0. The average Bonchev–Trinajstić information content (AvgIpc) is 2.21. The van der Waals surface area contributed by atoms with E-state index < -0.39 is 33.7 Å². The number of carbonyl (C=O) groups excluding carboxylic acids is 1. The summed E-state index contributed by atoms with van der Waals surface area (Å²) < 4.78 is 25.5. The Morgan fingerprint density at radius 1 is 1.44 bits per heavy atom. The Hall–Kier alpha value is -2.56. The largest absolute Gasteiger partial charge is 0.285 e. The van der Waals surface area contributed by atoms with Crippen molar-refractivity contribution in [3.63, 3.8) is 0 Å². The summed E-state index contributed by atoms with van der Waals surface area (Å²) in [5.74, 6) is -4.03. The van der Waals surface area contributed by atoms with Crippen molar-refractivity contribution in [2.24, 2.45) is 0 Å². The lowest BCUT2D eigenvalue weighted by Gasteiger charge is -2.01. The summed E-state index contributed by atoms with van der Waals surface area (Å²) >= 11 is 0. The summed E-state index contributed by atoms with van der Waals surface area (Å²) in [5.41, 5.74) is -1.63. The van der Waals surface area contributed by atoms with Crippen molar-refractivity contribution in [3.8, 4) is 6.19 Å². The van der Waals surface area contributed by atoms with Crippen molar-refractivity contribution in [1.29, 1.82) is 5.26 Å². The van der Waals surface area contributed by atoms with Gasteiger partial charge in [0.05, 0.1) is 11.0 Å². The molecule has 1 aromatic carbocycles. The molecule has 0 fully saturated rings. The molecule has 0 unspecified atom stereocenters.